The number of hydrogen-bond donors (Lipinski definition) is 2. The predicted molar refractivity (Wildman–Crippen MR) is 121 cm³/mol. The predicted octanol–water partition coefficient (Wildman–Crippen LogP) is 3.86. The molecule has 1 aliphatic heterocycles. The second-order valence-corrected chi connectivity index (χ2v) is 7.14. The Morgan fingerprint density at radius 1 is 0.966 bits per heavy atom. The van der Waals surface area contributed by atoms with Crippen LogP contribution >= 0.6 is 0 Å². The standard InChI is InChI=1S/C24H25N5/c1-17(20-6-8-24(28-16-20)29-12-10-26-11-13-29)18(2)22-14-19(5-7-23(22)25)21-4-3-9-27-15-21/h3-9,14-16,26H,1-2,10-13,25H2. The second kappa shape index (κ2) is 8.29. The molecule has 0 aliphatic carbocycles. The molecule has 1 fully saturated rings. The van der Waals surface area contributed by atoms with E-state index in [1.54, 1.807) is 6.20 Å². The van der Waals surface area contributed by atoms with Crippen LogP contribution in [0.3, 0.4) is 0 Å². The Morgan fingerprint density at radius 2 is 1.79 bits per heavy atom. The van der Waals surface area contributed by atoms with Crippen molar-refractivity contribution in [3.63, 3.8) is 0 Å². The fourth-order valence-electron chi connectivity index (χ4n) is 3.51. The van der Waals surface area contributed by atoms with E-state index < -0.39 is 0 Å². The van der Waals surface area contributed by atoms with Gasteiger partial charge in [0.25, 0.3) is 0 Å². The van der Waals surface area contributed by atoms with Crippen molar-refractivity contribution >= 4 is 22.7 Å². The maximum absolute atomic E-state index is 6.26. The van der Waals surface area contributed by atoms with Crippen molar-refractivity contribution in [2.24, 2.45) is 0 Å². The lowest BCUT2D eigenvalue weighted by Gasteiger charge is -2.28. The number of pyridine rings is 2. The summed E-state index contributed by atoms with van der Waals surface area (Å²) in [6.45, 7) is 12.4. The number of nitrogens with one attached hydrogen (secondary N) is 1. The summed E-state index contributed by atoms with van der Waals surface area (Å²) < 4.78 is 0. The summed E-state index contributed by atoms with van der Waals surface area (Å²) in [5.74, 6) is 0.992. The SMILES string of the molecule is C=C(C(=C)c1cc(-c2cccnc2)ccc1N)c1ccc(N2CCNCC2)nc1. The molecule has 2 aromatic heterocycles. The van der Waals surface area contributed by atoms with E-state index in [1.165, 1.54) is 0 Å². The quantitative estimate of drug-likeness (QED) is 0.517. The van der Waals surface area contributed by atoms with E-state index in [-0.39, 0.29) is 0 Å². The van der Waals surface area contributed by atoms with Gasteiger partial charge in [0, 0.05) is 67.1 Å². The van der Waals surface area contributed by atoms with E-state index >= 15 is 0 Å². The first-order chi connectivity index (χ1) is 14.1. The fourth-order valence-corrected chi connectivity index (χ4v) is 3.51. The average Bonchev–Trinajstić information content (AvgIpc) is 2.80. The first kappa shape index (κ1) is 18.9. The maximum atomic E-state index is 6.26. The average molecular weight is 383 g/mol. The van der Waals surface area contributed by atoms with Gasteiger partial charge in [-0.2, -0.15) is 0 Å². The highest BCUT2D eigenvalue weighted by atomic mass is 15.2. The number of aromatic nitrogens is 2. The van der Waals surface area contributed by atoms with Gasteiger partial charge >= 0.3 is 0 Å². The lowest BCUT2D eigenvalue weighted by molar-refractivity contribution is 0.585. The zero-order valence-electron chi connectivity index (χ0n) is 16.4. The van der Waals surface area contributed by atoms with Gasteiger partial charge in [-0.3, -0.25) is 4.98 Å². The molecule has 0 spiro atoms. The second-order valence-electron chi connectivity index (χ2n) is 7.14. The van der Waals surface area contributed by atoms with Gasteiger partial charge in [0.1, 0.15) is 5.82 Å². The molecule has 0 bridgehead atoms. The number of nitrogens with zero attached hydrogens (tertiary/aromatic N) is 3. The first-order valence-electron chi connectivity index (χ1n) is 9.74. The largest absolute Gasteiger partial charge is 0.398 e. The number of nitrogens with two attached hydrogens (primary N) is 1. The minimum atomic E-state index is 0.675. The molecular weight excluding hydrogens is 358 g/mol. The molecule has 3 heterocycles. The summed E-state index contributed by atoms with van der Waals surface area (Å²) >= 11 is 0. The van der Waals surface area contributed by atoms with E-state index in [1.807, 2.05) is 42.7 Å². The molecule has 0 radical (unpaired) electrons. The topological polar surface area (TPSA) is 67.1 Å². The molecule has 1 aliphatic rings. The highest BCUT2D eigenvalue weighted by molar-refractivity contribution is 6.05. The summed E-state index contributed by atoms with van der Waals surface area (Å²) in [7, 11) is 0. The molecule has 29 heavy (non-hydrogen) atoms. The molecule has 1 saturated heterocycles. The number of allylic oxidation sites excluding steroid dienone is 2. The van der Waals surface area contributed by atoms with E-state index in [9.17, 15) is 0 Å². The summed E-state index contributed by atoms with van der Waals surface area (Å²) in [4.78, 5) is 11.1. The van der Waals surface area contributed by atoms with E-state index in [0.717, 1.165) is 65.4 Å². The van der Waals surface area contributed by atoms with Gasteiger partial charge < -0.3 is 16.0 Å². The Balaban J connectivity index is 1.57. The lowest BCUT2D eigenvalue weighted by Crippen LogP contribution is -2.43. The molecule has 0 atom stereocenters. The summed E-state index contributed by atoms with van der Waals surface area (Å²) in [5.41, 5.74) is 12.5. The zero-order valence-corrected chi connectivity index (χ0v) is 16.4. The van der Waals surface area contributed by atoms with Crippen LogP contribution in [0.1, 0.15) is 11.1 Å². The molecule has 5 nitrogen and oxygen atoms in total. The van der Waals surface area contributed by atoms with Gasteiger partial charge in [-0.25, -0.2) is 4.98 Å². The Bertz CT molecular complexity index is 1020. The molecule has 1 aromatic carbocycles. The van der Waals surface area contributed by atoms with Gasteiger partial charge in [0.2, 0.25) is 0 Å². The smallest absolute Gasteiger partial charge is 0.128 e. The molecule has 4 rings (SSSR count). The van der Waals surface area contributed by atoms with Crippen LogP contribution in [0.2, 0.25) is 0 Å². The fraction of sp³-hybridized carbons (Fsp3) is 0.167. The van der Waals surface area contributed by atoms with Crippen LogP contribution in [0.5, 0.6) is 0 Å². The number of hydrogen-bond acceptors (Lipinski definition) is 5. The summed E-state index contributed by atoms with van der Waals surface area (Å²) in [6, 6.07) is 14.0. The zero-order chi connectivity index (χ0) is 20.2. The molecule has 5 heteroatoms. The van der Waals surface area contributed by atoms with Crippen LogP contribution in [-0.4, -0.2) is 36.1 Å². The van der Waals surface area contributed by atoms with Gasteiger partial charge in [-0.1, -0.05) is 25.3 Å². The third-order valence-corrected chi connectivity index (χ3v) is 5.27. The Labute approximate surface area is 171 Å². The Hall–Kier alpha value is -3.44. The van der Waals surface area contributed by atoms with Crippen molar-refractivity contribution in [2.45, 2.75) is 0 Å². The number of piperazine rings is 1. The third kappa shape index (κ3) is 4.05. The molecular formula is C24H25N5. The Morgan fingerprint density at radius 3 is 2.48 bits per heavy atom. The number of rotatable bonds is 5. The minimum Gasteiger partial charge on any atom is -0.398 e. The van der Waals surface area contributed by atoms with Crippen molar-refractivity contribution in [3.8, 4) is 11.1 Å². The number of benzene rings is 1. The monoisotopic (exact) mass is 383 g/mol. The van der Waals surface area contributed by atoms with E-state index in [4.69, 9.17) is 5.73 Å². The van der Waals surface area contributed by atoms with Crippen LogP contribution in [0, 0.1) is 0 Å². The third-order valence-electron chi connectivity index (χ3n) is 5.27. The van der Waals surface area contributed by atoms with Crippen molar-refractivity contribution in [1.29, 1.82) is 0 Å². The number of anilines is 2. The lowest BCUT2D eigenvalue weighted by atomic mass is 9.92. The van der Waals surface area contributed by atoms with Crippen LogP contribution in [0.25, 0.3) is 22.3 Å². The molecule has 3 aromatic rings. The van der Waals surface area contributed by atoms with Gasteiger partial charge in [0.05, 0.1) is 0 Å². The van der Waals surface area contributed by atoms with Crippen molar-refractivity contribution < 1.29 is 0 Å². The molecule has 146 valence electrons. The van der Waals surface area contributed by atoms with Crippen LogP contribution < -0.4 is 16.0 Å². The Kier molecular flexibility index (Phi) is 5.40. The summed E-state index contributed by atoms with van der Waals surface area (Å²) in [5, 5.41) is 3.36. The molecule has 0 saturated carbocycles. The minimum absolute atomic E-state index is 0.675. The molecule has 3 N–H and O–H groups in total. The van der Waals surface area contributed by atoms with Crippen LogP contribution in [-0.2, 0) is 0 Å². The van der Waals surface area contributed by atoms with Gasteiger partial charge in [-0.05, 0) is 47.0 Å². The molecule has 0 amide bonds. The van der Waals surface area contributed by atoms with Gasteiger partial charge in [-0.15, -0.1) is 0 Å². The highest BCUT2D eigenvalue weighted by Crippen LogP contribution is 2.34. The van der Waals surface area contributed by atoms with Crippen LogP contribution in [0.4, 0.5) is 11.5 Å². The van der Waals surface area contributed by atoms with E-state index in [0.29, 0.717) is 5.69 Å². The van der Waals surface area contributed by atoms with E-state index in [2.05, 4.69) is 45.5 Å². The summed E-state index contributed by atoms with van der Waals surface area (Å²) in [6.07, 6.45) is 5.47. The van der Waals surface area contributed by atoms with Crippen LogP contribution in [0.15, 0.2) is 74.2 Å². The van der Waals surface area contributed by atoms with Crippen molar-refractivity contribution in [3.05, 3.63) is 85.3 Å². The van der Waals surface area contributed by atoms with Gasteiger partial charge in [0.15, 0.2) is 0 Å². The number of nitrogen functional groups attached to an aromatic ring is 1. The maximum Gasteiger partial charge on any atom is 0.128 e. The molecule has 0 unspecified atom stereocenters. The first-order valence-corrected chi connectivity index (χ1v) is 9.74. The normalized spacial score (nSPS) is 13.9. The highest BCUT2D eigenvalue weighted by Gasteiger charge is 2.14. The van der Waals surface area contributed by atoms with Crippen molar-refractivity contribution in [1.82, 2.24) is 15.3 Å². The van der Waals surface area contributed by atoms with Crippen molar-refractivity contribution in [2.75, 3.05) is 36.8 Å².